The van der Waals surface area contributed by atoms with Crippen LogP contribution in [-0.2, 0) is 19.0 Å². The summed E-state index contributed by atoms with van der Waals surface area (Å²) in [4.78, 5) is 20.9. The molecule has 1 heterocycles. The molecule has 0 atom stereocenters. The van der Waals surface area contributed by atoms with Crippen molar-refractivity contribution in [3.8, 4) is 0 Å². The molecule has 0 aromatic heterocycles. The lowest BCUT2D eigenvalue weighted by Crippen LogP contribution is -2.39. The average Bonchev–Trinajstić information content (AvgIpc) is 2.27. The highest BCUT2D eigenvalue weighted by Crippen LogP contribution is 2.18. The van der Waals surface area contributed by atoms with Crippen LogP contribution in [0.25, 0.3) is 0 Å². The first-order valence-corrected chi connectivity index (χ1v) is 6.48. The zero-order valence-electron chi connectivity index (χ0n) is 13.1. The van der Waals surface area contributed by atoms with Gasteiger partial charge in [0.25, 0.3) is 0 Å². The van der Waals surface area contributed by atoms with Crippen LogP contribution in [0, 0.1) is 5.92 Å². The van der Waals surface area contributed by atoms with Gasteiger partial charge in [0.15, 0.2) is 5.79 Å². The average molecular weight is 290 g/mol. The first-order chi connectivity index (χ1) is 9.09. The quantitative estimate of drug-likeness (QED) is 0.587. The standard InChI is InChI=1S/C7H12O3.C6H14N2O2/c1-7(2)9-4-6(3-8)5-10-7;1-6(2,3)10-5(9)8-7-4/h3,6H,4-5H2,1-2H3;7H,1-4H3,(H,8,9). The van der Waals surface area contributed by atoms with E-state index in [0.29, 0.717) is 13.2 Å². The number of hydrazine groups is 1. The van der Waals surface area contributed by atoms with Crippen LogP contribution < -0.4 is 10.9 Å². The zero-order valence-corrected chi connectivity index (χ0v) is 13.1. The second-order valence-corrected chi connectivity index (χ2v) is 5.79. The summed E-state index contributed by atoms with van der Waals surface area (Å²) in [5.41, 5.74) is 4.33. The van der Waals surface area contributed by atoms with Gasteiger partial charge < -0.3 is 19.0 Å². The lowest BCUT2D eigenvalue weighted by molar-refractivity contribution is -0.256. The second-order valence-electron chi connectivity index (χ2n) is 5.79. The topological polar surface area (TPSA) is 85.9 Å². The predicted molar refractivity (Wildman–Crippen MR) is 74.0 cm³/mol. The van der Waals surface area contributed by atoms with Crippen molar-refractivity contribution in [2.24, 2.45) is 5.92 Å². The molecule has 20 heavy (non-hydrogen) atoms. The number of ether oxygens (including phenoxy) is 3. The normalized spacial score (nSPS) is 18.5. The van der Waals surface area contributed by atoms with E-state index in [0.717, 1.165) is 6.29 Å². The van der Waals surface area contributed by atoms with E-state index in [-0.39, 0.29) is 5.92 Å². The number of rotatable bonds is 2. The largest absolute Gasteiger partial charge is 0.443 e. The van der Waals surface area contributed by atoms with Crippen LogP contribution in [0.5, 0.6) is 0 Å². The van der Waals surface area contributed by atoms with Gasteiger partial charge in [-0.05, 0) is 34.6 Å². The third-order valence-corrected chi connectivity index (χ3v) is 2.11. The van der Waals surface area contributed by atoms with Crippen molar-refractivity contribution >= 4 is 12.4 Å². The van der Waals surface area contributed by atoms with Crippen molar-refractivity contribution in [2.75, 3.05) is 20.3 Å². The van der Waals surface area contributed by atoms with Gasteiger partial charge in [0.1, 0.15) is 11.9 Å². The highest BCUT2D eigenvalue weighted by Gasteiger charge is 2.27. The molecule has 0 aliphatic carbocycles. The van der Waals surface area contributed by atoms with Crippen molar-refractivity contribution in [2.45, 2.75) is 46.0 Å². The fourth-order valence-corrected chi connectivity index (χ4v) is 1.19. The Bertz CT molecular complexity index is 302. The van der Waals surface area contributed by atoms with Gasteiger partial charge in [0, 0.05) is 7.05 Å². The molecule has 7 nitrogen and oxygen atoms in total. The summed E-state index contributed by atoms with van der Waals surface area (Å²) < 4.78 is 15.3. The van der Waals surface area contributed by atoms with Crippen LogP contribution in [0.1, 0.15) is 34.6 Å². The van der Waals surface area contributed by atoms with Crippen LogP contribution >= 0.6 is 0 Å². The molecule has 1 aliphatic rings. The molecule has 0 aromatic carbocycles. The molecule has 1 aliphatic heterocycles. The van der Waals surface area contributed by atoms with Gasteiger partial charge in [-0.25, -0.2) is 10.2 Å². The molecule has 0 radical (unpaired) electrons. The van der Waals surface area contributed by atoms with E-state index in [1.165, 1.54) is 0 Å². The molecule has 0 spiro atoms. The predicted octanol–water partition coefficient (Wildman–Crippen LogP) is 1.23. The highest BCUT2D eigenvalue weighted by atomic mass is 16.7. The van der Waals surface area contributed by atoms with Gasteiger partial charge in [-0.2, -0.15) is 0 Å². The number of hydrogen-bond donors (Lipinski definition) is 2. The highest BCUT2D eigenvalue weighted by molar-refractivity contribution is 5.66. The van der Waals surface area contributed by atoms with E-state index in [2.05, 4.69) is 10.9 Å². The van der Waals surface area contributed by atoms with Gasteiger partial charge in [-0.15, -0.1) is 0 Å². The van der Waals surface area contributed by atoms with Crippen LogP contribution in [0.15, 0.2) is 0 Å². The summed E-state index contributed by atoms with van der Waals surface area (Å²) in [5, 5.41) is 0. The third-order valence-electron chi connectivity index (χ3n) is 2.11. The van der Waals surface area contributed by atoms with Gasteiger partial charge >= 0.3 is 6.09 Å². The monoisotopic (exact) mass is 290 g/mol. The smallest absolute Gasteiger partial charge is 0.422 e. The molecule has 0 saturated carbocycles. The van der Waals surface area contributed by atoms with E-state index >= 15 is 0 Å². The molecule has 7 heteroatoms. The van der Waals surface area contributed by atoms with Crippen molar-refractivity contribution < 1.29 is 23.8 Å². The van der Waals surface area contributed by atoms with Crippen molar-refractivity contribution in [1.82, 2.24) is 10.9 Å². The number of carbonyl (C=O) groups is 2. The Morgan fingerprint density at radius 3 is 2.15 bits per heavy atom. The Hall–Kier alpha value is -1.18. The van der Waals surface area contributed by atoms with Gasteiger partial charge in [-0.1, -0.05) is 0 Å². The Morgan fingerprint density at radius 2 is 1.80 bits per heavy atom. The molecule has 1 rings (SSSR count). The van der Waals surface area contributed by atoms with Gasteiger partial charge in [-0.3, -0.25) is 5.43 Å². The zero-order chi connectivity index (χ0) is 15.8. The Morgan fingerprint density at radius 1 is 1.30 bits per heavy atom. The van der Waals surface area contributed by atoms with Crippen molar-refractivity contribution in [3.05, 3.63) is 0 Å². The second kappa shape index (κ2) is 8.18. The molecule has 1 saturated heterocycles. The van der Waals surface area contributed by atoms with Crippen LogP contribution in [0.4, 0.5) is 4.79 Å². The molecule has 2 N–H and O–H groups in total. The molecule has 0 bridgehead atoms. The minimum Gasteiger partial charge on any atom is -0.443 e. The molecule has 0 unspecified atom stereocenters. The van der Waals surface area contributed by atoms with E-state index in [1.54, 1.807) is 7.05 Å². The summed E-state index contributed by atoms with van der Waals surface area (Å²) in [6.45, 7) is 10.1. The summed E-state index contributed by atoms with van der Waals surface area (Å²) in [6.07, 6.45) is 0.407. The Labute approximate surface area is 120 Å². The summed E-state index contributed by atoms with van der Waals surface area (Å²) in [5.74, 6) is -0.576. The van der Waals surface area contributed by atoms with Gasteiger partial charge in [0.2, 0.25) is 0 Å². The van der Waals surface area contributed by atoms with E-state index in [9.17, 15) is 9.59 Å². The summed E-state index contributed by atoms with van der Waals surface area (Å²) in [7, 11) is 1.60. The Kier molecular flexibility index (Phi) is 7.70. The van der Waals surface area contributed by atoms with E-state index in [1.807, 2.05) is 34.6 Å². The summed E-state index contributed by atoms with van der Waals surface area (Å²) >= 11 is 0. The SMILES string of the molecule is CC1(C)OCC(C=O)CO1.CNNC(=O)OC(C)(C)C. The molecule has 1 amide bonds. The number of hydrogen-bond acceptors (Lipinski definition) is 6. The maximum Gasteiger partial charge on any atom is 0.422 e. The maximum absolute atomic E-state index is 10.7. The first kappa shape index (κ1) is 18.8. The van der Waals surface area contributed by atoms with Crippen molar-refractivity contribution in [3.63, 3.8) is 0 Å². The fourth-order valence-electron chi connectivity index (χ4n) is 1.19. The third kappa shape index (κ3) is 9.71. The first-order valence-electron chi connectivity index (χ1n) is 6.48. The van der Waals surface area contributed by atoms with E-state index in [4.69, 9.17) is 14.2 Å². The number of carbonyl (C=O) groups excluding carboxylic acids is 2. The van der Waals surface area contributed by atoms with E-state index < -0.39 is 17.5 Å². The molecular formula is C13H26N2O5. The molecule has 118 valence electrons. The lowest BCUT2D eigenvalue weighted by Gasteiger charge is -2.32. The maximum atomic E-state index is 10.7. The number of amides is 1. The number of aldehydes is 1. The minimum atomic E-state index is -0.500. The van der Waals surface area contributed by atoms with Crippen molar-refractivity contribution in [1.29, 1.82) is 0 Å². The fraction of sp³-hybridized carbons (Fsp3) is 0.846. The number of nitrogens with one attached hydrogen (secondary N) is 2. The molecule has 0 aromatic rings. The molecular weight excluding hydrogens is 264 g/mol. The Balaban J connectivity index is 0.000000361. The lowest BCUT2D eigenvalue weighted by atomic mass is 10.2. The van der Waals surface area contributed by atoms with Crippen LogP contribution in [-0.4, -0.2) is 44.0 Å². The van der Waals surface area contributed by atoms with Crippen LogP contribution in [0.3, 0.4) is 0 Å². The molecule has 1 fully saturated rings. The van der Waals surface area contributed by atoms with Crippen LogP contribution in [0.2, 0.25) is 0 Å². The minimum absolute atomic E-state index is 0.0759. The summed E-state index contributed by atoms with van der Waals surface area (Å²) in [6, 6.07) is 0. The van der Waals surface area contributed by atoms with Gasteiger partial charge in [0.05, 0.1) is 19.1 Å².